The highest BCUT2D eigenvalue weighted by Crippen LogP contribution is 2.26. The van der Waals surface area contributed by atoms with E-state index in [9.17, 15) is 9.59 Å². The first kappa shape index (κ1) is 19.7. The largest absolute Gasteiger partial charge is 0.444 e. The van der Waals surface area contributed by atoms with Crippen molar-refractivity contribution in [2.24, 2.45) is 5.73 Å². The second kappa shape index (κ2) is 7.88. The highest BCUT2D eigenvalue weighted by molar-refractivity contribution is 5.99. The molecule has 7 nitrogen and oxygen atoms in total. The molecule has 1 aromatic carbocycles. The summed E-state index contributed by atoms with van der Waals surface area (Å²) in [5, 5.41) is 0. The molecule has 0 atom stereocenters. The molecule has 0 aliphatic carbocycles. The molecule has 2 heterocycles. The zero-order valence-corrected chi connectivity index (χ0v) is 16.5. The van der Waals surface area contributed by atoms with Crippen LogP contribution in [0.5, 0.6) is 0 Å². The molecule has 3 rings (SSSR count). The number of piperazine rings is 1. The maximum absolute atomic E-state index is 12.2. The van der Waals surface area contributed by atoms with Crippen molar-refractivity contribution in [3.63, 3.8) is 0 Å². The van der Waals surface area contributed by atoms with Gasteiger partial charge in [0.2, 0.25) is 0 Å². The number of nitrogens with zero attached hydrogens (tertiary/aromatic N) is 3. The first-order valence-corrected chi connectivity index (χ1v) is 9.33. The van der Waals surface area contributed by atoms with Gasteiger partial charge < -0.3 is 20.3 Å². The molecule has 0 unspecified atom stereocenters. The third kappa shape index (κ3) is 4.60. The predicted molar refractivity (Wildman–Crippen MR) is 108 cm³/mol. The van der Waals surface area contributed by atoms with Crippen LogP contribution in [0.3, 0.4) is 0 Å². The summed E-state index contributed by atoms with van der Waals surface area (Å²) < 4.78 is 5.42. The average molecular weight is 382 g/mol. The maximum Gasteiger partial charge on any atom is 0.410 e. The number of rotatable bonds is 3. The van der Waals surface area contributed by atoms with E-state index in [2.05, 4.69) is 4.98 Å². The van der Waals surface area contributed by atoms with Crippen LogP contribution in [0.2, 0.25) is 0 Å². The zero-order valence-electron chi connectivity index (χ0n) is 16.5. The summed E-state index contributed by atoms with van der Waals surface area (Å²) in [6, 6.07) is 11.5. The van der Waals surface area contributed by atoms with E-state index in [4.69, 9.17) is 10.5 Å². The van der Waals surface area contributed by atoms with Gasteiger partial charge in [0.1, 0.15) is 11.4 Å². The molecule has 1 aliphatic heterocycles. The van der Waals surface area contributed by atoms with Gasteiger partial charge >= 0.3 is 6.09 Å². The standard InChI is InChI=1S/C21H26N4O3/c1-21(2,3)28-20(27)25-11-9-24(10-12-25)19-17(18(22)26)13-16(14-23-19)15-7-5-4-6-8-15/h4-8,13-14H,9-12H2,1-3H3,(H2,22,26). The minimum absolute atomic E-state index is 0.324. The Bertz CT molecular complexity index is 854. The molecule has 0 bridgehead atoms. The molecule has 28 heavy (non-hydrogen) atoms. The Morgan fingerprint density at radius 2 is 1.68 bits per heavy atom. The Morgan fingerprint density at radius 1 is 1.04 bits per heavy atom. The Morgan fingerprint density at radius 3 is 2.25 bits per heavy atom. The van der Waals surface area contributed by atoms with E-state index in [1.165, 1.54) is 0 Å². The third-order valence-electron chi connectivity index (χ3n) is 4.47. The highest BCUT2D eigenvalue weighted by Gasteiger charge is 2.28. The fourth-order valence-corrected chi connectivity index (χ4v) is 3.11. The lowest BCUT2D eigenvalue weighted by molar-refractivity contribution is 0.0240. The van der Waals surface area contributed by atoms with E-state index in [0.29, 0.717) is 37.6 Å². The number of carbonyl (C=O) groups excluding carboxylic acids is 2. The normalized spacial score (nSPS) is 14.7. The van der Waals surface area contributed by atoms with Gasteiger partial charge in [-0.05, 0) is 32.4 Å². The SMILES string of the molecule is CC(C)(C)OC(=O)N1CCN(c2ncc(-c3ccccc3)cc2C(N)=O)CC1. The van der Waals surface area contributed by atoms with Crippen LogP contribution in [0.15, 0.2) is 42.6 Å². The van der Waals surface area contributed by atoms with Crippen LogP contribution in [-0.4, -0.2) is 53.7 Å². The highest BCUT2D eigenvalue weighted by atomic mass is 16.6. The average Bonchev–Trinajstić information content (AvgIpc) is 2.67. The second-order valence-electron chi connectivity index (χ2n) is 7.78. The van der Waals surface area contributed by atoms with Crippen LogP contribution in [-0.2, 0) is 4.74 Å². The van der Waals surface area contributed by atoms with E-state index in [0.717, 1.165) is 11.1 Å². The van der Waals surface area contributed by atoms with E-state index in [-0.39, 0.29) is 6.09 Å². The minimum Gasteiger partial charge on any atom is -0.444 e. The monoisotopic (exact) mass is 382 g/mol. The van der Waals surface area contributed by atoms with Gasteiger partial charge in [0.25, 0.3) is 5.91 Å². The van der Waals surface area contributed by atoms with Crippen LogP contribution in [0.4, 0.5) is 10.6 Å². The fourth-order valence-electron chi connectivity index (χ4n) is 3.11. The van der Waals surface area contributed by atoms with E-state index in [1.54, 1.807) is 17.2 Å². The Kier molecular flexibility index (Phi) is 5.53. The molecular formula is C21H26N4O3. The number of aromatic nitrogens is 1. The molecule has 1 saturated heterocycles. The molecule has 148 valence electrons. The quantitative estimate of drug-likeness (QED) is 0.882. The van der Waals surface area contributed by atoms with E-state index in [1.807, 2.05) is 56.0 Å². The van der Waals surface area contributed by atoms with Gasteiger partial charge in [0.05, 0.1) is 5.56 Å². The number of hydrogen-bond acceptors (Lipinski definition) is 5. The lowest BCUT2D eigenvalue weighted by atomic mass is 10.0. The number of primary amides is 1. The topological polar surface area (TPSA) is 88.8 Å². The zero-order chi connectivity index (χ0) is 20.3. The molecule has 1 aromatic heterocycles. The number of carbonyl (C=O) groups is 2. The minimum atomic E-state index is -0.526. The van der Waals surface area contributed by atoms with Gasteiger partial charge in [-0.1, -0.05) is 30.3 Å². The number of hydrogen-bond donors (Lipinski definition) is 1. The van der Waals surface area contributed by atoms with Crippen molar-refractivity contribution in [2.45, 2.75) is 26.4 Å². The van der Waals surface area contributed by atoms with Gasteiger partial charge in [-0.25, -0.2) is 9.78 Å². The van der Waals surface area contributed by atoms with Gasteiger partial charge in [0, 0.05) is 37.9 Å². The number of benzene rings is 1. The molecule has 2 aromatic rings. The van der Waals surface area contributed by atoms with Gasteiger partial charge in [-0.15, -0.1) is 0 Å². The number of nitrogens with two attached hydrogens (primary N) is 1. The first-order valence-electron chi connectivity index (χ1n) is 9.33. The molecule has 0 spiro atoms. The summed E-state index contributed by atoms with van der Waals surface area (Å²) in [6.45, 7) is 7.63. The number of amides is 2. The van der Waals surface area contributed by atoms with E-state index < -0.39 is 11.5 Å². The van der Waals surface area contributed by atoms with Crippen LogP contribution >= 0.6 is 0 Å². The Hall–Kier alpha value is -3.09. The second-order valence-corrected chi connectivity index (χ2v) is 7.78. The number of ether oxygens (including phenoxy) is 1. The Labute approximate surface area is 165 Å². The summed E-state index contributed by atoms with van der Waals surface area (Å²) in [6.07, 6.45) is 1.42. The van der Waals surface area contributed by atoms with E-state index >= 15 is 0 Å². The lowest BCUT2D eigenvalue weighted by Crippen LogP contribution is -2.50. The summed E-state index contributed by atoms with van der Waals surface area (Å²) in [5.74, 6) is 0.0332. The van der Waals surface area contributed by atoms with Gasteiger partial charge in [-0.2, -0.15) is 0 Å². The first-order chi connectivity index (χ1) is 13.2. The number of anilines is 1. The van der Waals surface area contributed by atoms with Crippen molar-refractivity contribution in [3.8, 4) is 11.1 Å². The molecule has 2 amide bonds. The molecule has 0 saturated carbocycles. The van der Waals surface area contributed by atoms with Gasteiger partial charge in [0.15, 0.2) is 0 Å². The van der Waals surface area contributed by atoms with Crippen molar-refractivity contribution >= 4 is 17.8 Å². The molecule has 1 fully saturated rings. The lowest BCUT2D eigenvalue weighted by Gasteiger charge is -2.36. The number of pyridine rings is 1. The molecule has 2 N–H and O–H groups in total. The Balaban J connectivity index is 1.76. The summed E-state index contributed by atoms with van der Waals surface area (Å²) >= 11 is 0. The molecule has 0 radical (unpaired) electrons. The summed E-state index contributed by atoms with van der Waals surface area (Å²) in [4.78, 5) is 32.4. The van der Waals surface area contributed by atoms with Crippen LogP contribution in [0, 0.1) is 0 Å². The summed E-state index contributed by atoms with van der Waals surface area (Å²) in [5.41, 5.74) is 7.29. The third-order valence-corrected chi connectivity index (χ3v) is 4.47. The molecule has 7 heteroatoms. The van der Waals surface area contributed by atoms with Crippen molar-refractivity contribution in [1.29, 1.82) is 0 Å². The fraction of sp³-hybridized carbons (Fsp3) is 0.381. The van der Waals surface area contributed by atoms with Gasteiger partial charge in [-0.3, -0.25) is 4.79 Å². The van der Waals surface area contributed by atoms with Crippen molar-refractivity contribution in [2.75, 3.05) is 31.1 Å². The molecule has 1 aliphatic rings. The van der Waals surface area contributed by atoms with Crippen molar-refractivity contribution in [3.05, 3.63) is 48.2 Å². The van der Waals surface area contributed by atoms with Crippen molar-refractivity contribution in [1.82, 2.24) is 9.88 Å². The molecular weight excluding hydrogens is 356 g/mol. The van der Waals surface area contributed by atoms with Crippen molar-refractivity contribution < 1.29 is 14.3 Å². The smallest absolute Gasteiger partial charge is 0.410 e. The maximum atomic E-state index is 12.2. The summed E-state index contributed by atoms with van der Waals surface area (Å²) in [7, 11) is 0. The van der Waals surface area contributed by atoms with Crippen LogP contribution in [0.1, 0.15) is 31.1 Å². The van der Waals surface area contributed by atoms with Crippen LogP contribution < -0.4 is 10.6 Å². The van der Waals surface area contributed by atoms with Crippen LogP contribution in [0.25, 0.3) is 11.1 Å². The predicted octanol–water partition coefficient (Wildman–Crippen LogP) is 2.90.